The van der Waals surface area contributed by atoms with Crippen molar-refractivity contribution in [2.24, 2.45) is 0 Å². The number of hydrogen-bond acceptors (Lipinski definition) is 3. The van der Waals surface area contributed by atoms with E-state index in [2.05, 4.69) is 0 Å². The van der Waals surface area contributed by atoms with E-state index in [0.717, 1.165) is 11.1 Å². The van der Waals surface area contributed by atoms with Gasteiger partial charge in [-0.1, -0.05) is 30.3 Å². The Balaban J connectivity index is 2.09. The molecule has 1 atom stereocenters. The molecule has 1 unspecified atom stereocenters. The van der Waals surface area contributed by atoms with Crippen LogP contribution >= 0.6 is 0 Å². The van der Waals surface area contributed by atoms with Crippen LogP contribution in [-0.2, 0) is 0 Å². The van der Waals surface area contributed by atoms with Gasteiger partial charge in [0, 0.05) is 0 Å². The molecule has 106 valence electrons. The first-order valence-corrected chi connectivity index (χ1v) is 6.96. The first-order chi connectivity index (χ1) is 10.1. The van der Waals surface area contributed by atoms with Gasteiger partial charge in [-0.3, -0.25) is 9.59 Å². The summed E-state index contributed by atoms with van der Waals surface area (Å²) in [6, 6.07) is 13.2. The van der Waals surface area contributed by atoms with E-state index in [1.807, 2.05) is 37.3 Å². The number of ketones is 2. The van der Waals surface area contributed by atoms with Gasteiger partial charge in [0.05, 0.1) is 17.5 Å². The monoisotopic (exact) mass is 280 g/mol. The molecule has 0 saturated carbocycles. The van der Waals surface area contributed by atoms with E-state index < -0.39 is 0 Å². The molecule has 1 aliphatic heterocycles. The van der Waals surface area contributed by atoms with Crippen molar-refractivity contribution >= 4 is 11.6 Å². The highest BCUT2D eigenvalue weighted by Gasteiger charge is 2.30. The van der Waals surface area contributed by atoms with E-state index in [9.17, 15) is 9.59 Å². The molecule has 1 aliphatic rings. The van der Waals surface area contributed by atoms with Gasteiger partial charge in [0.2, 0.25) is 0 Å². The van der Waals surface area contributed by atoms with Gasteiger partial charge in [0.25, 0.3) is 0 Å². The summed E-state index contributed by atoms with van der Waals surface area (Å²) in [6.07, 6.45) is -0.0235. The lowest BCUT2D eigenvalue weighted by atomic mass is 9.92. The average Bonchev–Trinajstić information content (AvgIpc) is 2.48. The second-order valence-corrected chi connectivity index (χ2v) is 5.39. The molecule has 2 aromatic carbocycles. The Bertz CT molecular complexity index is 699. The molecule has 3 heteroatoms. The minimum atomic E-state index is -0.327. The fraction of sp³-hybridized carbons (Fsp3) is 0.222. The molecule has 0 saturated heterocycles. The molecular weight excluding hydrogens is 264 g/mol. The standard InChI is InChI=1S/C18H16O3/c1-11-8-14(12(2)19)18-15(9-11)16(20)10-17(21-18)13-6-4-3-5-7-13/h3-9,17H,10H2,1-2H3. The van der Waals surface area contributed by atoms with Crippen molar-refractivity contribution in [2.75, 3.05) is 0 Å². The Morgan fingerprint density at radius 3 is 2.57 bits per heavy atom. The Hall–Kier alpha value is -2.42. The quantitative estimate of drug-likeness (QED) is 0.783. The maximum Gasteiger partial charge on any atom is 0.170 e. The third kappa shape index (κ3) is 2.47. The third-order valence-corrected chi connectivity index (χ3v) is 3.72. The minimum absolute atomic E-state index is 0.0244. The lowest BCUT2D eigenvalue weighted by Gasteiger charge is -2.27. The maximum atomic E-state index is 12.4. The normalized spacial score (nSPS) is 17.0. The summed E-state index contributed by atoms with van der Waals surface area (Å²) in [6.45, 7) is 3.37. The van der Waals surface area contributed by atoms with Crippen molar-refractivity contribution in [3.8, 4) is 5.75 Å². The van der Waals surface area contributed by atoms with Gasteiger partial charge in [0.1, 0.15) is 11.9 Å². The van der Waals surface area contributed by atoms with E-state index in [1.54, 1.807) is 12.1 Å². The SMILES string of the molecule is CC(=O)c1cc(C)cc2c1OC(c1ccccc1)CC2=O. The largest absolute Gasteiger partial charge is 0.484 e. The summed E-state index contributed by atoms with van der Waals surface area (Å²) in [5.41, 5.74) is 2.85. The topological polar surface area (TPSA) is 43.4 Å². The van der Waals surface area contributed by atoms with Crippen molar-refractivity contribution in [3.05, 3.63) is 64.7 Å². The zero-order chi connectivity index (χ0) is 15.0. The molecular formula is C18H16O3. The highest BCUT2D eigenvalue weighted by atomic mass is 16.5. The van der Waals surface area contributed by atoms with E-state index in [1.165, 1.54) is 6.92 Å². The highest BCUT2D eigenvalue weighted by molar-refractivity contribution is 6.06. The Morgan fingerprint density at radius 2 is 1.90 bits per heavy atom. The van der Waals surface area contributed by atoms with Crippen LogP contribution in [0.1, 0.15) is 51.3 Å². The molecule has 0 aromatic heterocycles. The van der Waals surface area contributed by atoms with Crippen molar-refractivity contribution in [1.29, 1.82) is 0 Å². The van der Waals surface area contributed by atoms with Gasteiger partial charge >= 0.3 is 0 Å². The van der Waals surface area contributed by atoms with Crippen molar-refractivity contribution in [1.82, 2.24) is 0 Å². The number of benzene rings is 2. The van der Waals surface area contributed by atoms with Crippen LogP contribution in [0.15, 0.2) is 42.5 Å². The molecule has 1 heterocycles. The molecule has 21 heavy (non-hydrogen) atoms. The number of carbonyl (C=O) groups excluding carboxylic acids is 2. The van der Waals surface area contributed by atoms with E-state index >= 15 is 0 Å². The lowest BCUT2D eigenvalue weighted by molar-refractivity contribution is 0.0845. The lowest BCUT2D eigenvalue weighted by Crippen LogP contribution is -2.22. The smallest absolute Gasteiger partial charge is 0.170 e. The van der Waals surface area contributed by atoms with Gasteiger partial charge < -0.3 is 4.74 Å². The average molecular weight is 280 g/mol. The second-order valence-electron chi connectivity index (χ2n) is 5.39. The van der Waals surface area contributed by atoms with Crippen molar-refractivity contribution in [2.45, 2.75) is 26.4 Å². The number of carbonyl (C=O) groups is 2. The first kappa shape index (κ1) is 13.6. The number of aryl methyl sites for hydroxylation is 1. The van der Waals surface area contributed by atoms with Gasteiger partial charge in [0.15, 0.2) is 11.6 Å². The van der Waals surface area contributed by atoms with Crippen LogP contribution in [0.5, 0.6) is 5.75 Å². The fourth-order valence-electron chi connectivity index (χ4n) is 2.68. The molecule has 2 aromatic rings. The first-order valence-electron chi connectivity index (χ1n) is 6.96. The predicted molar refractivity (Wildman–Crippen MR) is 79.9 cm³/mol. The number of fused-ring (bicyclic) bond motifs is 1. The van der Waals surface area contributed by atoms with Crippen LogP contribution in [0.2, 0.25) is 0 Å². The molecule has 0 bridgehead atoms. The third-order valence-electron chi connectivity index (χ3n) is 3.72. The maximum absolute atomic E-state index is 12.4. The zero-order valence-corrected chi connectivity index (χ0v) is 12.1. The summed E-state index contributed by atoms with van der Waals surface area (Å²) >= 11 is 0. The van der Waals surface area contributed by atoms with Gasteiger partial charge in [-0.15, -0.1) is 0 Å². The highest BCUT2D eigenvalue weighted by Crippen LogP contribution is 2.38. The zero-order valence-electron chi connectivity index (χ0n) is 12.1. The Kier molecular flexibility index (Phi) is 3.34. The number of Topliss-reactive ketones (excluding diaryl/α,β-unsaturated/α-hetero) is 2. The fourth-order valence-corrected chi connectivity index (χ4v) is 2.68. The van der Waals surface area contributed by atoms with Crippen LogP contribution in [0.25, 0.3) is 0 Å². The number of hydrogen-bond donors (Lipinski definition) is 0. The molecule has 0 fully saturated rings. The molecule has 0 radical (unpaired) electrons. The molecule has 3 nitrogen and oxygen atoms in total. The summed E-state index contributed by atoms with van der Waals surface area (Å²) in [5.74, 6) is 0.367. The summed E-state index contributed by atoms with van der Waals surface area (Å²) in [5, 5.41) is 0. The number of rotatable bonds is 2. The summed E-state index contributed by atoms with van der Waals surface area (Å²) in [7, 11) is 0. The molecule has 0 N–H and O–H groups in total. The minimum Gasteiger partial charge on any atom is -0.484 e. The van der Waals surface area contributed by atoms with Crippen molar-refractivity contribution in [3.63, 3.8) is 0 Å². The number of ether oxygens (including phenoxy) is 1. The summed E-state index contributed by atoms with van der Waals surface area (Å²) in [4.78, 5) is 24.2. The van der Waals surface area contributed by atoms with Crippen LogP contribution < -0.4 is 4.74 Å². The van der Waals surface area contributed by atoms with Crippen molar-refractivity contribution < 1.29 is 14.3 Å². The van der Waals surface area contributed by atoms with E-state index in [4.69, 9.17) is 4.74 Å². The van der Waals surface area contributed by atoms with Crippen LogP contribution in [0.3, 0.4) is 0 Å². The molecule has 0 spiro atoms. The van der Waals surface area contributed by atoms with Gasteiger partial charge in [-0.25, -0.2) is 0 Å². The Labute approximate surface area is 123 Å². The van der Waals surface area contributed by atoms with Crippen LogP contribution in [0.4, 0.5) is 0 Å². The van der Waals surface area contributed by atoms with Crippen LogP contribution in [-0.4, -0.2) is 11.6 Å². The second kappa shape index (κ2) is 5.17. The van der Waals surface area contributed by atoms with E-state index in [0.29, 0.717) is 23.3 Å². The van der Waals surface area contributed by atoms with Gasteiger partial charge in [-0.2, -0.15) is 0 Å². The van der Waals surface area contributed by atoms with E-state index in [-0.39, 0.29) is 17.7 Å². The van der Waals surface area contributed by atoms with Gasteiger partial charge in [-0.05, 0) is 37.1 Å². The molecule has 0 aliphatic carbocycles. The molecule has 3 rings (SSSR count). The van der Waals surface area contributed by atoms with Crippen LogP contribution in [0, 0.1) is 6.92 Å². The summed E-state index contributed by atoms with van der Waals surface area (Å²) < 4.78 is 5.99. The predicted octanol–water partition coefficient (Wildman–Crippen LogP) is 3.90. The Morgan fingerprint density at radius 1 is 1.19 bits per heavy atom. The molecule has 0 amide bonds.